The van der Waals surface area contributed by atoms with Crippen molar-refractivity contribution in [2.75, 3.05) is 0 Å². The molecule has 0 unspecified atom stereocenters. The topological polar surface area (TPSA) is 59.4 Å². The molecule has 2 aromatic rings. The summed E-state index contributed by atoms with van der Waals surface area (Å²) in [5.74, 6) is -1.18. The summed E-state index contributed by atoms with van der Waals surface area (Å²) in [6.45, 7) is -0.0515. The van der Waals surface area contributed by atoms with Gasteiger partial charge in [0, 0.05) is 6.20 Å². The van der Waals surface area contributed by atoms with E-state index in [0.29, 0.717) is 5.56 Å². The molecule has 0 aliphatic rings. The normalized spacial score (nSPS) is 11.2. The van der Waals surface area contributed by atoms with E-state index in [4.69, 9.17) is 9.84 Å². The maximum atomic E-state index is 12.4. The summed E-state index contributed by atoms with van der Waals surface area (Å²) in [6.07, 6.45) is -3.08. The number of aromatic nitrogens is 1. The molecule has 0 saturated heterocycles. The van der Waals surface area contributed by atoms with Gasteiger partial charge in [0.05, 0.1) is 5.56 Å². The van der Waals surface area contributed by atoms with Gasteiger partial charge in [0.15, 0.2) is 11.4 Å². The van der Waals surface area contributed by atoms with Crippen LogP contribution in [0.1, 0.15) is 21.6 Å². The second-order valence-corrected chi connectivity index (χ2v) is 4.14. The monoisotopic (exact) mass is 297 g/mol. The predicted molar refractivity (Wildman–Crippen MR) is 67.0 cm³/mol. The zero-order valence-electron chi connectivity index (χ0n) is 10.6. The Labute approximate surface area is 117 Å². The smallest absolute Gasteiger partial charge is 0.416 e. The van der Waals surface area contributed by atoms with Gasteiger partial charge in [0.1, 0.15) is 6.61 Å². The number of alkyl halides is 3. The Balaban J connectivity index is 2.09. The zero-order valence-corrected chi connectivity index (χ0v) is 10.6. The largest absolute Gasteiger partial charge is 0.486 e. The molecule has 4 nitrogen and oxygen atoms in total. The Morgan fingerprint density at radius 3 is 2.43 bits per heavy atom. The summed E-state index contributed by atoms with van der Waals surface area (Å²) >= 11 is 0. The van der Waals surface area contributed by atoms with E-state index in [0.717, 1.165) is 12.1 Å². The van der Waals surface area contributed by atoms with Gasteiger partial charge in [-0.25, -0.2) is 9.78 Å². The molecule has 1 aromatic carbocycles. The molecule has 1 heterocycles. The van der Waals surface area contributed by atoms with Gasteiger partial charge in [-0.1, -0.05) is 12.1 Å². The van der Waals surface area contributed by atoms with E-state index in [9.17, 15) is 18.0 Å². The van der Waals surface area contributed by atoms with Crippen molar-refractivity contribution in [2.24, 2.45) is 0 Å². The molecule has 2 rings (SSSR count). The van der Waals surface area contributed by atoms with Crippen molar-refractivity contribution in [3.05, 3.63) is 59.4 Å². The Bertz CT molecular complexity index is 639. The molecule has 0 bridgehead atoms. The number of nitrogens with zero attached hydrogens (tertiary/aromatic N) is 1. The van der Waals surface area contributed by atoms with Crippen LogP contribution in [0.4, 0.5) is 13.2 Å². The van der Waals surface area contributed by atoms with Gasteiger partial charge in [0.25, 0.3) is 0 Å². The molecule has 7 heteroatoms. The third-order valence-corrected chi connectivity index (χ3v) is 2.65. The molecule has 0 aliphatic carbocycles. The highest BCUT2D eigenvalue weighted by Gasteiger charge is 2.29. The van der Waals surface area contributed by atoms with Crippen LogP contribution in [0, 0.1) is 0 Å². The third kappa shape index (κ3) is 3.71. The van der Waals surface area contributed by atoms with Gasteiger partial charge in [0.2, 0.25) is 0 Å². The summed E-state index contributed by atoms with van der Waals surface area (Å²) in [6, 6.07) is 7.38. The third-order valence-electron chi connectivity index (χ3n) is 2.65. The van der Waals surface area contributed by atoms with Crippen LogP contribution in [-0.2, 0) is 12.8 Å². The average Bonchev–Trinajstić information content (AvgIpc) is 2.45. The lowest BCUT2D eigenvalue weighted by Gasteiger charge is -2.10. The highest BCUT2D eigenvalue weighted by atomic mass is 19.4. The lowest BCUT2D eigenvalue weighted by Crippen LogP contribution is -2.07. The van der Waals surface area contributed by atoms with E-state index >= 15 is 0 Å². The van der Waals surface area contributed by atoms with Crippen molar-refractivity contribution in [3.63, 3.8) is 0 Å². The second-order valence-electron chi connectivity index (χ2n) is 4.14. The maximum absolute atomic E-state index is 12.4. The predicted octanol–water partition coefficient (Wildman–Crippen LogP) is 3.38. The number of benzene rings is 1. The molecule has 110 valence electrons. The van der Waals surface area contributed by atoms with E-state index < -0.39 is 17.7 Å². The lowest BCUT2D eigenvalue weighted by molar-refractivity contribution is -0.137. The van der Waals surface area contributed by atoms with Crippen LogP contribution in [0.25, 0.3) is 0 Å². The Morgan fingerprint density at radius 1 is 1.19 bits per heavy atom. The van der Waals surface area contributed by atoms with Gasteiger partial charge < -0.3 is 9.84 Å². The minimum Gasteiger partial charge on any atom is -0.486 e. The van der Waals surface area contributed by atoms with Crippen molar-refractivity contribution < 1.29 is 27.8 Å². The zero-order chi connectivity index (χ0) is 15.5. The Kier molecular flexibility index (Phi) is 4.11. The van der Waals surface area contributed by atoms with Crippen LogP contribution in [0.5, 0.6) is 5.75 Å². The van der Waals surface area contributed by atoms with Gasteiger partial charge in [-0.05, 0) is 29.8 Å². The molecule has 0 aliphatic heterocycles. The van der Waals surface area contributed by atoms with Crippen LogP contribution in [-0.4, -0.2) is 16.1 Å². The fraction of sp³-hybridized carbons (Fsp3) is 0.143. The second kappa shape index (κ2) is 5.82. The minimum atomic E-state index is -4.39. The van der Waals surface area contributed by atoms with Crippen molar-refractivity contribution in [1.29, 1.82) is 0 Å². The number of pyridine rings is 1. The van der Waals surface area contributed by atoms with Gasteiger partial charge in [-0.15, -0.1) is 0 Å². The lowest BCUT2D eigenvalue weighted by atomic mass is 10.1. The van der Waals surface area contributed by atoms with Gasteiger partial charge >= 0.3 is 12.1 Å². The van der Waals surface area contributed by atoms with Crippen molar-refractivity contribution in [1.82, 2.24) is 4.98 Å². The number of halogens is 3. The maximum Gasteiger partial charge on any atom is 0.416 e. The van der Waals surface area contributed by atoms with Gasteiger partial charge in [-0.3, -0.25) is 0 Å². The van der Waals surface area contributed by atoms with Crippen molar-refractivity contribution >= 4 is 5.97 Å². The Hall–Kier alpha value is -2.57. The molecule has 0 amide bonds. The van der Waals surface area contributed by atoms with E-state index in [1.54, 1.807) is 0 Å². The van der Waals surface area contributed by atoms with Crippen LogP contribution >= 0.6 is 0 Å². The SMILES string of the molecule is O=C(O)c1ncccc1OCc1ccc(C(F)(F)F)cc1. The van der Waals surface area contributed by atoms with Gasteiger partial charge in [-0.2, -0.15) is 13.2 Å². The fourth-order valence-corrected chi connectivity index (χ4v) is 1.62. The number of aromatic carboxylic acids is 1. The molecule has 1 N–H and O–H groups in total. The quantitative estimate of drug-likeness (QED) is 0.940. The van der Waals surface area contributed by atoms with Crippen molar-refractivity contribution in [2.45, 2.75) is 12.8 Å². The van der Waals surface area contributed by atoms with Crippen LogP contribution in [0.2, 0.25) is 0 Å². The summed E-state index contributed by atoms with van der Waals surface area (Å²) in [4.78, 5) is 14.6. The highest BCUT2D eigenvalue weighted by molar-refractivity contribution is 5.88. The first-order valence-electron chi connectivity index (χ1n) is 5.85. The molecular formula is C14H10F3NO3. The van der Waals surface area contributed by atoms with Crippen LogP contribution in [0.3, 0.4) is 0 Å². The molecular weight excluding hydrogens is 287 g/mol. The Morgan fingerprint density at radius 2 is 1.86 bits per heavy atom. The number of carboxylic acid groups (broad SMARTS) is 1. The highest BCUT2D eigenvalue weighted by Crippen LogP contribution is 2.29. The van der Waals surface area contributed by atoms with E-state index in [-0.39, 0.29) is 18.1 Å². The molecule has 0 fully saturated rings. The number of carboxylic acids is 1. The summed E-state index contributed by atoms with van der Waals surface area (Å²) in [5.41, 5.74) is -0.508. The summed E-state index contributed by atoms with van der Waals surface area (Å²) in [7, 11) is 0. The van der Waals surface area contributed by atoms with E-state index in [1.165, 1.54) is 30.5 Å². The summed E-state index contributed by atoms with van der Waals surface area (Å²) < 4.78 is 42.5. The first-order valence-corrected chi connectivity index (χ1v) is 5.85. The minimum absolute atomic E-state index is 0.0515. The molecule has 0 atom stereocenters. The number of rotatable bonds is 4. The van der Waals surface area contributed by atoms with Crippen LogP contribution in [0.15, 0.2) is 42.6 Å². The molecule has 0 saturated carbocycles. The standard InChI is InChI=1S/C14H10F3NO3/c15-14(16,17)10-5-3-9(4-6-10)8-21-11-2-1-7-18-12(11)13(19)20/h1-7H,8H2,(H,19,20). The van der Waals surface area contributed by atoms with Crippen molar-refractivity contribution in [3.8, 4) is 5.75 Å². The molecule has 0 radical (unpaired) electrons. The van der Waals surface area contributed by atoms with E-state index in [2.05, 4.69) is 4.98 Å². The molecule has 1 aromatic heterocycles. The summed E-state index contributed by atoms with van der Waals surface area (Å²) in [5, 5.41) is 8.92. The molecule has 0 spiro atoms. The first kappa shape index (κ1) is 14.8. The number of hydrogen-bond acceptors (Lipinski definition) is 3. The average molecular weight is 297 g/mol. The molecule has 21 heavy (non-hydrogen) atoms. The number of carbonyl (C=O) groups is 1. The van der Waals surface area contributed by atoms with Crippen LogP contribution < -0.4 is 4.74 Å². The number of ether oxygens (including phenoxy) is 1. The number of hydrogen-bond donors (Lipinski definition) is 1. The fourth-order valence-electron chi connectivity index (χ4n) is 1.62. The first-order chi connectivity index (χ1) is 9.88. The van der Waals surface area contributed by atoms with E-state index in [1.807, 2.05) is 0 Å².